The van der Waals surface area contributed by atoms with Crippen molar-refractivity contribution in [2.24, 2.45) is 5.73 Å². The van der Waals surface area contributed by atoms with Crippen LogP contribution >= 0.6 is 0 Å². The quantitative estimate of drug-likeness (QED) is 0.907. The van der Waals surface area contributed by atoms with E-state index in [1.54, 1.807) is 0 Å². The van der Waals surface area contributed by atoms with Gasteiger partial charge in [-0.1, -0.05) is 30.3 Å². The molecule has 21 heavy (non-hydrogen) atoms. The summed E-state index contributed by atoms with van der Waals surface area (Å²) < 4.78 is 0. The van der Waals surface area contributed by atoms with E-state index in [0.29, 0.717) is 0 Å². The van der Waals surface area contributed by atoms with Gasteiger partial charge in [0.25, 0.3) is 0 Å². The molecule has 0 bridgehead atoms. The first kappa shape index (κ1) is 15.1. The predicted molar refractivity (Wildman–Crippen MR) is 87.5 cm³/mol. The Morgan fingerprint density at radius 2 is 1.81 bits per heavy atom. The summed E-state index contributed by atoms with van der Waals surface area (Å²) >= 11 is 0. The van der Waals surface area contributed by atoms with E-state index in [4.69, 9.17) is 5.73 Å². The van der Waals surface area contributed by atoms with Gasteiger partial charge in [0, 0.05) is 25.5 Å². The molecule has 0 aliphatic rings. The number of rotatable bonds is 4. The third-order valence-corrected chi connectivity index (χ3v) is 3.43. The Kier molecular flexibility index (Phi) is 4.60. The fourth-order valence-corrected chi connectivity index (χ4v) is 2.09. The summed E-state index contributed by atoms with van der Waals surface area (Å²) in [4.78, 5) is 14.3. The SMILES string of the molecule is Cc1cc(N(C)C)ccc1NC(=O)[C@H](N)c1ccccc1. The molecular weight excluding hydrogens is 262 g/mol. The molecule has 2 rings (SSSR count). The van der Waals surface area contributed by atoms with Gasteiger partial charge in [0.2, 0.25) is 5.91 Å². The van der Waals surface area contributed by atoms with Gasteiger partial charge in [0.05, 0.1) is 0 Å². The van der Waals surface area contributed by atoms with Crippen molar-refractivity contribution in [2.75, 3.05) is 24.3 Å². The van der Waals surface area contributed by atoms with Crippen LogP contribution in [0.2, 0.25) is 0 Å². The van der Waals surface area contributed by atoms with E-state index in [0.717, 1.165) is 22.5 Å². The summed E-state index contributed by atoms with van der Waals surface area (Å²) in [5.74, 6) is -0.207. The lowest BCUT2D eigenvalue weighted by molar-refractivity contribution is -0.117. The molecule has 110 valence electrons. The highest BCUT2D eigenvalue weighted by Crippen LogP contribution is 2.22. The van der Waals surface area contributed by atoms with Gasteiger partial charge in [0.15, 0.2) is 0 Å². The fourth-order valence-electron chi connectivity index (χ4n) is 2.09. The predicted octanol–water partition coefficient (Wildman–Crippen LogP) is 2.70. The summed E-state index contributed by atoms with van der Waals surface area (Å²) in [5.41, 5.74) is 9.69. The van der Waals surface area contributed by atoms with Crippen molar-refractivity contribution in [2.45, 2.75) is 13.0 Å². The highest BCUT2D eigenvalue weighted by atomic mass is 16.2. The maximum Gasteiger partial charge on any atom is 0.245 e. The molecule has 2 aromatic carbocycles. The second-order valence-electron chi connectivity index (χ2n) is 5.27. The number of aryl methyl sites for hydroxylation is 1. The van der Waals surface area contributed by atoms with E-state index < -0.39 is 6.04 Å². The average Bonchev–Trinajstić information content (AvgIpc) is 2.49. The van der Waals surface area contributed by atoms with Gasteiger partial charge < -0.3 is 16.0 Å². The van der Waals surface area contributed by atoms with Crippen molar-refractivity contribution in [3.8, 4) is 0 Å². The van der Waals surface area contributed by atoms with Crippen LogP contribution < -0.4 is 16.0 Å². The molecular formula is C17H21N3O. The van der Waals surface area contributed by atoms with E-state index in [1.165, 1.54) is 0 Å². The van der Waals surface area contributed by atoms with Crippen LogP contribution in [0.1, 0.15) is 17.2 Å². The van der Waals surface area contributed by atoms with E-state index in [-0.39, 0.29) is 5.91 Å². The van der Waals surface area contributed by atoms with Gasteiger partial charge in [-0.05, 0) is 36.2 Å². The molecule has 0 aliphatic carbocycles. The topological polar surface area (TPSA) is 58.4 Å². The normalized spacial score (nSPS) is 11.8. The van der Waals surface area contributed by atoms with Gasteiger partial charge in [-0.2, -0.15) is 0 Å². The zero-order chi connectivity index (χ0) is 15.4. The van der Waals surface area contributed by atoms with Crippen molar-refractivity contribution in [3.05, 3.63) is 59.7 Å². The molecule has 0 radical (unpaired) electrons. The maximum atomic E-state index is 12.2. The number of nitrogens with two attached hydrogens (primary N) is 1. The number of anilines is 2. The fraction of sp³-hybridized carbons (Fsp3) is 0.235. The van der Waals surface area contributed by atoms with Crippen LogP contribution in [0.15, 0.2) is 48.5 Å². The third-order valence-electron chi connectivity index (χ3n) is 3.43. The lowest BCUT2D eigenvalue weighted by Gasteiger charge is -2.17. The van der Waals surface area contributed by atoms with Crippen LogP contribution in [0.25, 0.3) is 0 Å². The Balaban J connectivity index is 2.13. The molecule has 0 heterocycles. The average molecular weight is 283 g/mol. The number of benzene rings is 2. The highest BCUT2D eigenvalue weighted by molar-refractivity contribution is 5.96. The van der Waals surface area contributed by atoms with Gasteiger partial charge in [-0.15, -0.1) is 0 Å². The second-order valence-corrected chi connectivity index (χ2v) is 5.27. The smallest absolute Gasteiger partial charge is 0.245 e. The lowest BCUT2D eigenvalue weighted by Crippen LogP contribution is -2.28. The molecule has 3 N–H and O–H groups in total. The van der Waals surface area contributed by atoms with E-state index >= 15 is 0 Å². The molecule has 0 aromatic heterocycles. The Bertz CT molecular complexity index is 623. The van der Waals surface area contributed by atoms with E-state index in [9.17, 15) is 4.79 Å². The van der Waals surface area contributed by atoms with E-state index in [2.05, 4.69) is 5.32 Å². The summed E-state index contributed by atoms with van der Waals surface area (Å²) in [6, 6.07) is 14.6. The second kappa shape index (κ2) is 6.41. The molecule has 0 spiro atoms. The van der Waals surface area contributed by atoms with Gasteiger partial charge in [0.1, 0.15) is 6.04 Å². The summed E-state index contributed by atoms with van der Waals surface area (Å²) in [7, 11) is 3.97. The minimum atomic E-state index is -0.667. The Morgan fingerprint density at radius 1 is 1.14 bits per heavy atom. The maximum absolute atomic E-state index is 12.2. The van der Waals surface area contributed by atoms with Gasteiger partial charge in [-0.25, -0.2) is 0 Å². The van der Waals surface area contributed by atoms with Crippen LogP contribution in [0.5, 0.6) is 0 Å². The molecule has 1 amide bonds. The van der Waals surface area contributed by atoms with Crippen molar-refractivity contribution in [3.63, 3.8) is 0 Å². The van der Waals surface area contributed by atoms with E-state index in [1.807, 2.05) is 74.4 Å². The highest BCUT2D eigenvalue weighted by Gasteiger charge is 2.16. The molecule has 4 heteroatoms. The molecule has 2 aromatic rings. The largest absolute Gasteiger partial charge is 0.378 e. The first-order chi connectivity index (χ1) is 9.99. The van der Waals surface area contributed by atoms with Crippen molar-refractivity contribution < 1.29 is 4.79 Å². The van der Waals surface area contributed by atoms with Crippen molar-refractivity contribution in [1.82, 2.24) is 0 Å². The minimum absolute atomic E-state index is 0.207. The number of hydrogen-bond acceptors (Lipinski definition) is 3. The van der Waals surface area contributed by atoms with Crippen molar-refractivity contribution in [1.29, 1.82) is 0 Å². The molecule has 0 saturated heterocycles. The molecule has 0 unspecified atom stereocenters. The molecule has 0 aliphatic heterocycles. The van der Waals surface area contributed by atoms with Gasteiger partial charge >= 0.3 is 0 Å². The summed E-state index contributed by atoms with van der Waals surface area (Å²) in [6.07, 6.45) is 0. The Morgan fingerprint density at radius 3 is 2.38 bits per heavy atom. The van der Waals surface area contributed by atoms with Crippen LogP contribution in [0.4, 0.5) is 11.4 Å². The molecule has 0 fully saturated rings. The lowest BCUT2D eigenvalue weighted by atomic mass is 10.1. The molecule has 4 nitrogen and oxygen atoms in total. The van der Waals surface area contributed by atoms with Crippen LogP contribution in [0, 0.1) is 6.92 Å². The monoisotopic (exact) mass is 283 g/mol. The third kappa shape index (κ3) is 3.61. The zero-order valence-electron chi connectivity index (χ0n) is 12.6. The first-order valence-corrected chi connectivity index (χ1v) is 6.88. The zero-order valence-corrected chi connectivity index (χ0v) is 12.6. The summed E-state index contributed by atoms with van der Waals surface area (Å²) in [5, 5.41) is 2.89. The minimum Gasteiger partial charge on any atom is -0.378 e. The van der Waals surface area contributed by atoms with Gasteiger partial charge in [-0.3, -0.25) is 4.79 Å². The standard InChI is InChI=1S/C17H21N3O/c1-12-11-14(20(2)3)9-10-15(12)19-17(21)16(18)13-7-5-4-6-8-13/h4-11,16H,18H2,1-3H3,(H,19,21)/t16-/m1/s1. The Labute approximate surface area is 125 Å². The number of carbonyl (C=O) groups is 1. The Hall–Kier alpha value is -2.33. The molecule has 1 atom stereocenters. The number of carbonyl (C=O) groups excluding carboxylic acids is 1. The molecule has 0 saturated carbocycles. The van der Waals surface area contributed by atoms with Crippen molar-refractivity contribution >= 4 is 17.3 Å². The van der Waals surface area contributed by atoms with Crippen LogP contribution in [-0.4, -0.2) is 20.0 Å². The number of amides is 1. The number of nitrogens with one attached hydrogen (secondary N) is 1. The first-order valence-electron chi connectivity index (χ1n) is 6.88. The van der Waals surface area contributed by atoms with Crippen LogP contribution in [-0.2, 0) is 4.79 Å². The van der Waals surface area contributed by atoms with Crippen LogP contribution in [0.3, 0.4) is 0 Å². The number of hydrogen-bond donors (Lipinski definition) is 2. The summed E-state index contributed by atoms with van der Waals surface area (Å²) in [6.45, 7) is 1.97. The number of nitrogens with zero attached hydrogens (tertiary/aromatic N) is 1.